The SMILES string of the molecule is Nc1ccc(-c2cc(-c3ccccc3O)nnc2N)cc1. The summed E-state index contributed by atoms with van der Waals surface area (Å²) in [6.45, 7) is 0. The molecule has 0 amide bonds. The van der Waals surface area contributed by atoms with E-state index in [9.17, 15) is 5.11 Å². The van der Waals surface area contributed by atoms with Crippen molar-refractivity contribution in [2.24, 2.45) is 0 Å². The topological polar surface area (TPSA) is 98.0 Å². The minimum absolute atomic E-state index is 0.153. The Balaban J connectivity index is 2.13. The number of hydrogen-bond acceptors (Lipinski definition) is 5. The molecule has 0 unspecified atom stereocenters. The summed E-state index contributed by atoms with van der Waals surface area (Å²) in [7, 11) is 0. The van der Waals surface area contributed by atoms with Gasteiger partial charge in [-0.25, -0.2) is 0 Å². The summed E-state index contributed by atoms with van der Waals surface area (Å²) >= 11 is 0. The van der Waals surface area contributed by atoms with Crippen LogP contribution in [0, 0.1) is 0 Å². The maximum atomic E-state index is 9.92. The van der Waals surface area contributed by atoms with E-state index >= 15 is 0 Å². The van der Waals surface area contributed by atoms with Crippen LogP contribution in [0.25, 0.3) is 22.4 Å². The lowest BCUT2D eigenvalue weighted by molar-refractivity contribution is 0.477. The number of aromatic nitrogens is 2. The minimum atomic E-state index is 0.153. The van der Waals surface area contributed by atoms with Crippen LogP contribution in [-0.2, 0) is 0 Å². The molecule has 0 aliphatic heterocycles. The van der Waals surface area contributed by atoms with Gasteiger partial charge in [0.25, 0.3) is 0 Å². The van der Waals surface area contributed by atoms with E-state index in [1.807, 2.05) is 24.3 Å². The first-order valence-electron chi connectivity index (χ1n) is 6.42. The molecule has 5 N–H and O–H groups in total. The van der Waals surface area contributed by atoms with Crippen LogP contribution < -0.4 is 11.5 Å². The molecule has 21 heavy (non-hydrogen) atoms. The number of nitrogens with two attached hydrogens (primary N) is 2. The van der Waals surface area contributed by atoms with Crippen molar-refractivity contribution >= 4 is 11.5 Å². The Labute approximate surface area is 121 Å². The van der Waals surface area contributed by atoms with Crippen LogP contribution >= 0.6 is 0 Å². The van der Waals surface area contributed by atoms with Gasteiger partial charge in [-0.15, -0.1) is 10.2 Å². The molecule has 5 nitrogen and oxygen atoms in total. The van der Waals surface area contributed by atoms with E-state index in [2.05, 4.69) is 10.2 Å². The number of anilines is 2. The quantitative estimate of drug-likeness (QED) is 0.626. The highest BCUT2D eigenvalue weighted by atomic mass is 16.3. The summed E-state index contributed by atoms with van der Waals surface area (Å²) in [5.41, 5.74) is 15.1. The van der Waals surface area contributed by atoms with Crippen molar-refractivity contribution in [3.63, 3.8) is 0 Å². The number of nitrogens with zero attached hydrogens (tertiary/aromatic N) is 2. The molecule has 104 valence electrons. The molecule has 3 aromatic rings. The van der Waals surface area contributed by atoms with Crippen molar-refractivity contribution in [2.45, 2.75) is 0 Å². The zero-order valence-corrected chi connectivity index (χ0v) is 11.2. The molecule has 2 aromatic carbocycles. The van der Waals surface area contributed by atoms with E-state index in [1.54, 1.807) is 30.3 Å². The summed E-state index contributed by atoms with van der Waals surface area (Å²) in [5.74, 6) is 0.485. The molecule has 1 aromatic heterocycles. The van der Waals surface area contributed by atoms with Gasteiger partial charge in [0.05, 0.1) is 5.69 Å². The molecule has 0 radical (unpaired) electrons. The molecule has 5 heteroatoms. The summed E-state index contributed by atoms with van der Waals surface area (Å²) in [6, 6.07) is 16.1. The van der Waals surface area contributed by atoms with E-state index in [-0.39, 0.29) is 5.75 Å². The predicted octanol–water partition coefficient (Wildman–Crippen LogP) is 2.68. The summed E-state index contributed by atoms with van der Waals surface area (Å²) in [4.78, 5) is 0. The smallest absolute Gasteiger partial charge is 0.154 e. The van der Waals surface area contributed by atoms with E-state index in [1.165, 1.54) is 0 Å². The summed E-state index contributed by atoms with van der Waals surface area (Å²) in [5, 5.41) is 17.9. The highest BCUT2D eigenvalue weighted by Crippen LogP contribution is 2.32. The number of phenolic OH excluding ortho intramolecular Hbond substituents is 1. The number of para-hydroxylation sites is 1. The predicted molar refractivity (Wildman–Crippen MR) is 83.4 cm³/mol. The standard InChI is InChI=1S/C16H14N4O/c17-11-7-5-10(6-8-11)13-9-14(19-20-16(13)18)12-3-1-2-4-15(12)21/h1-9,21H,17H2,(H2,18,20). The number of phenols is 1. The maximum Gasteiger partial charge on any atom is 0.154 e. The largest absolute Gasteiger partial charge is 0.507 e. The van der Waals surface area contributed by atoms with Crippen LogP contribution in [0.4, 0.5) is 11.5 Å². The lowest BCUT2D eigenvalue weighted by Gasteiger charge is -2.08. The normalized spacial score (nSPS) is 10.5. The number of nitrogen functional groups attached to an aromatic ring is 2. The molecule has 0 bridgehead atoms. The maximum absolute atomic E-state index is 9.92. The number of rotatable bonds is 2. The third kappa shape index (κ3) is 2.49. The molecular formula is C16H14N4O. The van der Waals surface area contributed by atoms with Crippen LogP contribution in [0.3, 0.4) is 0 Å². The average Bonchev–Trinajstić information content (AvgIpc) is 2.50. The molecule has 0 atom stereocenters. The monoisotopic (exact) mass is 278 g/mol. The molecule has 0 aliphatic carbocycles. The molecule has 0 aliphatic rings. The molecular weight excluding hydrogens is 264 g/mol. The second kappa shape index (κ2) is 5.13. The van der Waals surface area contributed by atoms with E-state index in [4.69, 9.17) is 11.5 Å². The van der Waals surface area contributed by atoms with Crippen LogP contribution in [0.1, 0.15) is 0 Å². The van der Waals surface area contributed by atoms with Crippen molar-refractivity contribution in [1.29, 1.82) is 0 Å². The van der Waals surface area contributed by atoms with Gasteiger partial charge in [-0.05, 0) is 35.9 Å². The fourth-order valence-corrected chi connectivity index (χ4v) is 2.12. The molecule has 0 saturated carbocycles. The molecule has 0 saturated heterocycles. The van der Waals surface area contributed by atoms with Gasteiger partial charge < -0.3 is 16.6 Å². The van der Waals surface area contributed by atoms with Gasteiger partial charge in [0.15, 0.2) is 5.82 Å². The molecule has 0 spiro atoms. The van der Waals surface area contributed by atoms with Gasteiger partial charge in [0.1, 0.15) is 5.75 Å². The van der Waals surface area contributed by atoms with Gasteiger partial charge >= 0.3 is 0 Å². The van der Waals surface area contributed by atoms with Crippen molar-refractivity contribution in [1.82, 2.24) is 10.2 Å². The first-order chi connectivity index (χ1) is 10.1. The van der Waals surface area contributed by atoms with Crippen molar-refractivity contribution in [3.05, 3.63) is 54.6 Å². The van der Waals surface area contributed by atoms with Crippen LogP contribution in [0.5, 0.6) is 5.75 Å². The van der Waals surface area contributed by atoms with Crippen molar-refractivity contribution in [2.75, 3.05) is 11.5 Å². The van der Waals surface area contributed by atoms with Crippen molar-refractivity contribution in [3.8, 4) is 28.1 Å². The summed E-state index contributed by atoms with van der Waals surface area (Å²) in [6.07, 6.45) is 0. The second-order valence-electron chi connectivity index (χ2n) is 4.67. The lowest BCUT2D eigenvalue weighted by Crippen LogP contribution is -1.98. The average molecular weight is 278 g/mol. The van der Waals surface area contributed by atoms with E-state index in [0.717, 1.165) is 11.1 Å². The van der Waals surface area contributed by atoms with Crippen LogP contribution in [0.15, 0.2) is 54.6 Å². The highest BCUT2D eigenvalue weighted by molar-refractivity contribution is 5.79. The van der Waals surface area contributed by atoms with Crippen LogP contribution in [0.2, 0.25) is 0 Å². The first kappa shape index (κ1) is 12.9. The molecule has 0 fully saturated rings. The van der Waals surface area contributed by atoms with Gasteiger partial charge in [-0.2, -0.15) is 0 Å². The van der Waals surface area contributed by atoms with Gasteiger partial charge in [0, 0.05) is 16.8 Å². The fraction of sp³-hybridized carbons (Fsp3) is 0. The third-order valence-electron chi connectivity index (χ3n) is 3.22. The minimum Gasteiger partial charge on any atom is -0.507 e. The van der Waals surface area contributed by atoms with E-state index < -0.39 is 0 Å². The van der Waals surface area contributed by atoms with Gasteiger partial charge in [0.2, 0.25) is 0 Å². The number of benzene rings is 2. The second-order valence-corrected chi connectivity index (χ2v) is 4.67. The zero-order chi connectivity index (χ0) is 14.8. The third-order valence-corrected chi connectivity index (χ3v) is 3.22. The zero-order valence-electron chi connectivity index (χ0n) is 11.2. The Kier molecular flexibility index (Phi) is 3.16. The Morgan fingerprint density at radius 1 is 0.810 bits per heavy atom. The summed E-state index contributed by atoms with van der Waals surface area (Å²) < 4.78 is 0. The van der Waals surface area contributed by atoms with Gasteiger partial charge in [-0.1, -0.05) is 24.3 Å². The fourth-order valence-electron chi connectivity index (χ4n) is 2.12. The molecule has 3 rings (SSSR count). The number of hydrogen-bond donors (Lipinski definition) is 3. The lowest BCUT2D eigenvalue weighted by atomic mass is 10.0. The Bertz CT molecular complexity index is 785. The van der Waals surface area contributed by atoms with E-state index in [0.29, 0.717) is 22.8 Å². The Morgan fingerprint density at radius 2 is 1.52 bits per heavy atom. The van der Waals surface area contributed by atoms with Crippen molar-refractivity contribution < 1.29 is 5.11 Å². The Morgan fingerprint density at radius 3 is 2.24 bits per heavy atom. The number of aromatic hydroxyl groups is 1. The van der Waals surface area contributed by atoms with Crippen LogP contribution in [-0.4, -0.2) is 15.3 Å². The molecule has 1 heterocycles. The first-order valence-corrected chi connectivity index (χ1v) is 6.42. The van der Waals surface area contributed by atoms with Gasteiger partial charge in [-0.3, -0.25) is 0 Å². The highest BCUT2D eigenvalue weighted by Gasteiger charge is 2.10. The Hall–Kier alpha value is -3.08.